The summed E-state index contributed by atoms with van der Waals surface area (Å²) < 4.78 is 44.9. The lowest BCUT2D eigenvalue weighted by Crippen LogP contribution is -2.13. The van der Waals surface area contributed by atoms with Gasteiger partial charge in [0.05, 0.1) is 10.3 Å². The molecule has 1 aromatic heterocycles. The van der Waals surface area contributed by atoms with Crippen LogP contribution in [-0.4, -0.2) is 20.3 Å². The lowest BCUT2D eigenvalue weighted by atomic mass is 10.1. The third-order valence-corrected chi connectivity index (χ3v) is 7.42. The molecule has 2 N–H and O–H groups in total. The number of hydrogen-bond acceptors (Lipinski definition) is 7. The Hall–Kier alpha value is -4.76. The molecule has 0 atom stereocenters. The van der Waals surface area contributed by atoms with Crippen molar-refractivity contribution in [3.63, 3.8) is 0 Å². The van der Waals surface area contributed by atoms with E-state index in [-0.39, 0.29) is 34.1 Å². The Balaban J connectivity index is 1.31. The van der Waals surface area contributed by atoms with Crippen molar-refractivity contribution >= 4 is 26.7 Å². The molecule has 0 saturated carbocycles. The first-order valence-electron chi connectivity index (χ1n) is 11.3. The molecule has 1 aliphatic rings. The summed E-state index contributed by atoms with van der Waals surface area (Å²) >= 11 is 0. The second kappa shape index (κ2) is 8.72. The maximum Gasteiger partial charge on any atom is 0.261 e. The van der Waals surface area contributed by atoms with Gasteiger partial charge in [-0.2, -0.15) is 0 Å². The fraction of sp³-hybridized carbons (Fsp3) is 0.0357. The summed E-state index contributed by atoms with van der Waals surface area (Å²) in [5.41, 5.74) is 1.94. The molecule has 0 amide bonds. The lowest BCUT2D eigenvalue weighted by Gasteiger charge is -2.11. The van der Waals surface area contributed by atoms with Gasteiger partial charge in [0.1, 0.15) is 5.58 Å². The summed E-state index contributed by atoms with van der Waals surface area (Å²) in [7, 11) is -3.93. The van der Waals surface area contributed by atoms with Crippen LogP contribution in [-0.2, 0) is 10.0 Å². The monoisotopic (exact) mass is 513 g/mol. The quantitative estimate of drug-likeness (QED) is 0.325. The lowest BCUT2D eigenvalue weighted by molar-refractivity contribution is 0.174. The van der Waals surface area contributed by atoms with Crippen molar-refractivity contribution in [3.8, 4) is 39.7 Å². The van der Waals surface area contributed by atoms with E-state index in [0.29, 0.717) is 17.1 Å². The van der Waals surface area contributed by atoms with Crippen LogP contribution in [0.25, 0.3) is 33.4 Å². The van der Waals surface area contributed by atoms with E-state index in [4.69, 9.17) is 13.9 Å². The third kappa shape index (κ3) is 4.15. The highest BCUT2D eigenvalue weighted by Gasteiger charge is 2.21. The van der Waals surface area contributed by atoms with Crippen LogP contribution in [0.15, 0.2) is 105 Å². The summed E-state index contributed by atoms with van der Waals surface area (Å²) in [6, 6.07) is 25.3. The molecule has 6 rings (SSSR count). The molecular formula is C28H19NO7S. The van der Waals surface area contributed by atoms with Crippen molar-refractivity contribution in [2.75, 3.05) is 11.5 Å². The second-order valence-electron chi connectivity index (χ2n) is 8.38. The van der Waals surface area contributed by atoms with E-state index in [1.54, 1.807) is 30.3 Å². The number of anilines is 1. The van der Waals surface area contributed by atoms with E-state index in [2.05, 4.69) is 4.72 Å². The zero-order valence-electron chi connectivity index (χ0n) is 19.2. The smallest absolute Gasteiger partial charge is 0.261 e. The van der Waals surface area contributed by atoms with Gasteiger partial charge in [0, 0.05) is 11.3 Å². The minimum atomic E-state index is -3.93. The zero-order valence-corrected chi connectivity index (χ0v) is 20.0. The van der Waals surface area contributed by atoms with Crippen molar-refractivity contribution in [2.45, 2.75) is 4.90 Å². The molecule has 5 aromatic rings. The third-order valence-electron chi connectivity index (χ3n) is 6.03. The molecule has 2 heterocycles. The van der Waals surface area contributed by atoms with Gasteiger partial charge in [-0.3, -0.25) is 9.52 Å². The first-order chi connectivity index (χ1) is 17.9. The topological polar surface area (TPSA) is 115 Å². The first kappa shape index (κ1) is 22.7. The predicted octanol–water partition coefficient (Wildman–Crippen LogP) is 5.36. The maximum atomic E-state index is 13.0. The number of benzene rings is 4. The highest BCUT2D eigenvalue weighted by Crippen LogP contribution is 2.38. The number of hydrogen-bond donors (Lipinski definition) is 2. The largest absolute Gasteiger partial charge is 0.502 e. The fourth-order valence-electron chi connectivity index (χ4n) is 4.15. The summed E-state index contributed by atoms with van der Waals surface area (Å²) in [5.74, 6) is 0.407. The van der Waals surface area contributed by atoms with E-state index >= 15 is 0 Å². The van der Waals surface area contributed by atoms with E-state index < -0.39 is 21.2 Å². The standard InChI is InChI=1S/C28H19NO7S/c30-26-22-15-20(29-37(32,33)21-10-6-18(7-11-21)17-4-2-1-3-5-17)9-13-23(22)36-28(27(26)31)19-8-12-24-25(14-19)35-16-34-24/h1-15,29,31H,16H2. The average Bonchev–Trinajstić information content (AvgIpc) is 3.39. The Morgan fingerprint density at radius 2 is 1.46 bits per heavy atom. The molecule has 1 aliphatic heterocycles. The van der Waals surface area contributed by atoms with Crippen LogP contribution >= 0.6 is 0 Å². The van der Waals surface area contributed by atoms with Gasteiger partial charge in [-0.05, 0) is 59.7 Å². The summed E-state index contributed by atoms with van der Waals surface area (Å²) in [4.78, 5) is 13.0. The van der Waals surface area contributed by atoms with Gasteiger partial charge in [0.25, 0.3) is 10.0 Å². The highest BCUT2D eigenvalue weighted by atomic mass is 32.2. The molecule has 8 nitrogen and oxygen atoms in total. The molecule has 0 aliphatic carbocycles. The maximum absolute atomic E-state index is 13.0. The summed E-state index contributed by atoms with van der Waals surface area (Å²) in [5, 5.41) is 10.6. The van der Waals surface area contributed by atoms with Gasteiger partial charge >= 0.3 is 0 Å². The molecule has 0 fully saturated rings. The van der Waals surface area contributed by atoms with Crippen molar-refractivity contribution in [1.29, 1.82) is 0 Å². The average molecular weight is 514 g/mol. The molecule has 0 spiro atoms. The summed E-state index contributed by atoms with van der Waals surface area (Å²) in [6.07, 6.45) is 0. The van der Waals surface area contributed by atoms with E-state index in [9.17, 15) is 18.3 Å². The minimum Gasteiger partial charge on any atom is -0.502 e. The van der Waals surface area contributed by atoms with Crippen molar-refractivity contribution in [3.05, 3.63) is 101 Å². The van der Waals surface area contributed by atoms with Crippen LogP contribution in [0.4, 0.5) is 5.69 Å². The number of nitrogens with one attached hydrogen (secondary N) is 1. The van der Waals surface area contributed by atoms with E-state index in [0.717, 1.165) is 11.1 Å². The van der Waals surface area contributed by atoms with Crippen LogP contribution in [0, 0.1) is 0 Å². The summed E-state index contributed by atoms with van der Waals surface area (Å²) in [6.45, 7) is 0.0856. The molecule has 0 radical (unpaired) electrons. The van der Waals surface area contributed by atoms with Gasteiger partial charge in [0.15, 0.2) is 17.3 Å². The van der Waals surface area contributed by atoms with Crippen molar-refractivity contribution in [1.82, 2.24) is 0 Å². The van der Waals surface area contributed by atoms with Crippen molar-refractivity contribution < 1.29 is 27.4 Å². The van der Waals surface area contributed by atoms with Gasteiger partial charge in [-0.25, -0.2) is 8.42 Å². The number of sulfonamides is 1. The Morgan fingerprint density at radius 1 is 0.757 bits per heavy atom. The number of ether oxygens (including phenoxy) is 2. The van der Waals surface area contributed by atoms with Crippen LogP contribution in [0.5, 0.6) is 17.2 Å². The van der Waals surface area contributed by atoms with Gasteiger partial charge in [0.2, 0.25) is 18.0 Å². The van der Waals surface area contributed by atoms with Crippen LogP contribution in [0.2, 0.25) is 0 Å². The molecular weight excluding hydrogens is 494 g/mol. The molecule has 37 heavy (non-hydrogen) atoms. The molecule has 9 heteroatoms. The van der Waals surface area contributed by atoms with Gasteiger partial charge in [-0.1, -0.05) is 42.5 Å². The first-order valence-corrected chi connectivity index (χ1v) is 12.8. The van der Waals surface area contributed by atoms with E-state index in [1.807, 2.05) is 30.3 Å². The minimum absolute atomic E-state index is 0.0253. The Bertz CT molecular complexity index is 1810. The highest BCUT2D eigenvalue weighted by molar-refractivity contribution is 7.92. The number of rotatable bonds is 5. The SMILES string of the molecule is O=c1c(O)c(-c2ccc3c(c2)OCO3)oc2ccc(NS(=O)(=O)c3ccc(-c4ccccc4)cc3)cc12. The molecule has 184 valence electrons. The van der Waals surface area contributed by atoms with Gasteiger partial charge < -0.3 is 19.0 Å². The van der Waals surface area contributed by atoms with Crippen LogP contribution in [0.1, 0.15) is 0 Å². The Labute approximate surface area is 211 Å². The fourth-order valence-corrected chi connectivity index (χ4v) is 5.20. The second-order valence-corrected chi connectivity index (χ2v) is 10.1. The molecule has 0 saturated heterocycles. The van der Waals surface area contributed by atoms with Crippen LogP contribution < -0.4 is 19.6 Å². The van der Waals surface area contributed by atoms with E-state index in [1.165, 1.54) is 30.3 Å². The predicted molar refractivity (Wildman–Crippen MR) is 138 cm³/mol. The van der Waals surface area contributed by atoms with Crippen molar-refractivity contribution in [2.24, 2.45) is 0 Å². The van der Waals surface area contributed by atoms with Crippen LogP contribution in [0.3, 0.4) is 0 Å². The Kier molecular flexibility index (Phi) is 5.35. The normalized spacial score (nSPS) is 12.5. The molecule has 0 unspecified atom stereocenters. The number of aromatic hydroxyl groups is 1. The Morgan fingerprint density at radius 3 is 2.24 bits per heavy atom. The molecule has 0 bridgehead atoms. The van der Waals surface area contributed by atoms with Gasteiger partial charge in [-0.15, -0.1) is 0 Å². The number of fused-ring (bicyclic) bond motifs is 2. The zero-order chi connectivity index (χ0) is 25.6. The molecule has 4 aromatic carbocycles.